The average Bonchev–Trinajstić information content (AvgIpc) is 3.10. The summed E-state index contributed by atoms with van der Waals surface area (Å²) in [6.45, 7) is 11.4. The highest BCUT2D eigenvalue weighted by molar-refractivity contribution is 5.92. The molecule has 1 heterocycles. The minimum atomic E-state index is 0.103. The zero-order chi connectivity index (χ0) is 21.5. The maximum absolute atomic E-state index is 12.7. The predicted octanol–water partition coefficient (Wildman–Crippen LogP) is 6.79. The van der Waals surface area contributed by atoms with Crippen LogP contribution in [0.4, 0.5) is 5.69 Å². The zero-order valence-electron chi connectivity index (χ0n) is 19.0. The summed E-state index contributed by atoms with van der Waals surface area (Å²) in [5.74, 6) is 0.103. The van der Waals surface area contributed by atoms with Crippen molar-refractivity contribution >= 4 is 22.5 Å². The van der Waals surface area contributed by atoms with Crippen molar-refractivity contribution in [2.75, 3.05) is 5.32 Å². The molecule has 0 radical (unpaired) electrons. The lowest BCUT2D eigenvalue weighted by Crippen LogP contribution is -2.34. The molecule has 4 rings (SSSR count). The standard InChI is InChI=1S/C27H34N2O/c1-18-15-21-22(27(4,5)14-13-26(21,2)3)16-24(18)29-25(30)12-8-9-19-17-28-23-11-7-6-10-20(19)23/h6-7,10-11,15-17,28H,8-9,12-14H2,1-5H3,(H,29,30). The van der Waals surface area contributed by atoms with Crippen LogP contribution in [0.15, 0.2) is 42.6 Å². The lowest BCUT2D eigenvalue weighted by Gasteiger charge is -2.42. The number of nitrogens with one attached hydrogen (secondary N) is 2. The van der Waals surface area contributed by atoms with Crippen LogP contribution in [0.25, 0.3) is 10.9 Å². The molecule has 0 spiro atoms. The summed E-state index contributed by atoms with van der Waals surface area (Å²) < 4.78 is 0. The molecule has 0 aliphatic heterocycles. The molecule has 30 heavy (non-hydrogen) atoms. The highest BCUT2D eigenvalue weighted by Gasteiger charge is 2.37. The number of aryl methyl sites for hydroxylation is 2. The summed E-state index contributed by atoms with van der Waals surface area (Å²) in [5, 5.41) is 4.45. The van der Waals surface area contributed by atoms with Crippen molar-refractivity contribution in [3.05, 3.63) is 64.8 Å². The van der Waals surface area contributed by atoms with E-state index >= 15 is 0 Å². The third-order valence-corrected chi connectivity index (χ3v) is 7.00. The average molecular weight is 403 g/mol. The lowest BCUT2D eigenvalue weighted by atomic mass is 9.63. The first-order valence-electron chi connectivity index (χ1n) is 11.2. The van der Waals surface area contributed by atoms with Gasteiger partial charge >= 0.3 is 0 Å². The summed E-state index contributed by atoms with van der Waals surface area (Å²) in [7, 11) is 0. The Hall–Kier alpha value is -2.55. The SMILES string of the molecule is Cc1cc2c(cc1NC(=O)CCCc1c[nH]c3ccccc13)C(C)(C)CCC2(C)C. The molecular weight excluding hydrogens is 368 g/mol. The van der Waals surface area contributed by atoms with Gasteiger partial charge in [0.25, 0.3) is 0 Å². The van der Waals surface area contributed by atoms with Gasteiger partial charge in [-0.2, -0.15) is 0 Å². The van der Waals surface area contributed by atoms with E-state index < -0.39 is 0 Å². The fraction of sp³-hybridized carbons (Fsp3) is 0.444. The van der Waals surface area contributed by atoms with Crippen LogP contribution in [0.1, 0.15) is 75.6 Å². The molecule has 0 unspecified atom stereocenters. The van der Waals surface area contributed by atoms with Crippen molar-refractivity contribution in [2.45, 2.75) is 77.6 Å². The molecule has 2 aromatic carbocycles. The van der Waals surface area contributed by atoms with Crippen LogP contribution in [0.3, 0.4) is 0 Å². The van der Waals surface area contributed by atoms with E-state index in [1.54, 1.807) is 0 Å². The van der Waals surface area contributed by atoms with Gasteiger partial charge in [-0.05, 0) is 77.8 Å². The number of amides is 1. The van der Waals surface area contributed by atoms with E-state index in [-0.39, 0.29) is 16.7 Å². The number of H-pyrrole nitrogens is 1. The molecule has 3 nitrogen and oxygen atoms in total. The molecule has 1 aromatic heterocycles. The number of rotatable bonds is 5. The molecule has 1 amide bonds. The number of hydrogen-bond acceptors (Lipinski definition) is 1. The minimum absolute atomic E-state index is 0.103. The maximum atomic E-state index is 12.7. The monoisotopic (exact) mass is 402 g/mol. The second-order valence-corrected chi connectivity index (χ2v) is 10.2. The number of fused-ring (bicyclic) bond motifs is 2. The molecule has 0 saturated heterocycles. The summed E-state index contributed by atoms with van der Waals surface area (Å²) in [6.07, 6.45) is 6.73. The fourth-order valence-electron chi connectivity index (χ4n) is 4.85. The first kappa shape index (κ1) is 20.7. The number of para-hydroxylation sites is 1. The normalized spacial score (nSPS) is 17.0. The highest BCUT2D eigenvalue weighted by Crippen LogP contribution is 2.47. The first-order valence-corrected chi connectivity index (χ1v) is 11.2. The zero-order valence-corrected chi connectivity index (χ0v) is 19.0. The van der Waals surface area contributed by atoms with Crippen LogP contribution < -0.4 is 5.32 Å². The van der Waals surface area contributed by atoms with Crippen LogP contribution in [0.2, 0.25) is 0 Å². The third kappa shape index (κ3) is 3.90. The Morgan fingerprint density at radius 3 is 2.43 bits per heavy atom. The van der Waals surface area contributed by atoms with E-state index in [0.717, 1.165) is 29.6 Å². The Labute approximate surface area is 180 Å². The maximum Gasteiger partial charge on any atom is 0.224 e. The predicted molar refractivity (Wildman–Crippen MR) is 126 cm³/mol. The van der Waals surface area contributed by atoms with E-state index in [1.807, 2.05) is 6.07 Å². The topological polar surface area (TPSA) is 44.9 Å². The van der Waals surface area contributed by atoms with Gasteiger partial charge in [-0.1, -0.05) is 52.0 Å². The molecule has 158 valence electrons. The van der Waals surface area contributed by atoms with Crippen molar-refractivity contribution < 1.29 is 4.79 Å². The number of benzene rings is 2. The Kier molecular flexibility index (Phi) is 5.25. The quantitative estimate of drug-likeness (QED) is 0.485. The van der Waals surface area contributed by atoms with E-state index in [4.69, 9.17) is 0 Å². The van der Waals surface area contributed by atoms with Crippen molar-refractivity contribution in [1.29, 1.82) is 0 Å². The van der Waals surface area contributed by atoms with E-state index in [2.05, 4.69) is 81.4 Å². The Balaban J connectivity index is 1.44. The molecule has 2 N–H and O–H groups in total. The molecule has 3 heteroatoms. The number of aromatic amines is 1. The smallest absolute Gasteiger partial charge is 0.224 e. The van der Waals surface area contributed by atoms with E-state index in [0.29, 0.717) is 6.42 Å². The Morgan fingerprint density at radius 2 is 1.70 bits per heavy atom. The molecule has 1 aliphatic carbocycles. The molecule has 1 aliphatic rings. The van der Waals surface area contributed by atoms with Gasteiger partial charge in [-0.3, -0.25) is 4.79 Å². The fourth-order valence-corrected chi connectivity index (χ4v) is 4.85. The molecular formula is C27H34N2O. The van der Waals surface area contributed by atoms with Gasteiger partial charge in [-0.25, -0.2) is 0 Å². The summed E-state index contributed by atoms with van der Waals surface area (Å²) >= 11 is 0. The summed E-state index contributed by atoms with van der Waals surface area (Å²) in [6, 6.07) is 12.9. The van der Waals surface area contributed by atoms with Crippen LogP contribution in [0.5, 0.6) is 0 Å². The van der Waals surface area contributed by atoms with Gasteiger partial charge < -0.3 is 10.3 Å². The number of hydrogen-bond donors (Lipinski definition) is 2. The molecule has 0 bridgehead atoms. The Bertz CT molecular complexity index is 1090. The third-order valence-electron chi connectivity index (χ3n) is 7.00. The van der Waals surface area contributed by atoms with Gasteiger partial charge in [0.15, 0.2) is 0 Å². The molecule has 0 atom stereocenters. The number of anilines is 1. The van der Waals surface area contributed by atoms with Crippen LogP contribution >= 0.6 is 0 Å². The minimum Gasteiger partial charge on any atom is -0.361 e. The van der Waals surface area contributed by atoms with Gasteiger partial charge in [0.1, 0.15) is 0 Å². The Morgan fingerprint density at radius 1 is 1.03 bits per heavy atom. The van der Waals surface area contributed by atoms with Gasteiger partial charge in [0, 0.05) is 29.2 Å². The molecule has 3 aromatic rings. The summed E-state index contributed by atoms with van der Waals surface area (Å²) in [5.41, 5.74) is 7.73. The van der Waals surface area contributed by atoms with Crippen LogP contribution in [0, 0.1) is 6.92 Å². The first-order chi connectivity index (χ1) is 14.2. The summed E-state index contributed by atoms with van der Waals surface area (Å²) in [4.78, 5) is 16.0. The van der Waals surface area contributed by atoms with Crippen LogP contribution in [-0.4, -0.2) is 10.9 Å². The van der Waals surface area contributed by atoms with Gasteiger partial charge in [0.2, 0.25) is 5.91 Å². The largest absolute Gasteiger partial charge is 0.361 e. The van der Waals surface area contributed by atoms with Gasteiger partial charge in [-0.15, -0.1) is 0 Å². The number of carbonyl (C=O) groups excluding carboxylic acids is 1. The van der Waals surface area contributed by atoms with E-state index in [1.165, 1.54) is 34.9 Å². The van der Waals surface area contributed by atoms with Crippen molar-refractivity contribution in [3.63, 3.8) is 0 Å². The van der Waals surface area contributed by atoms with Crippen molar-refractivity contribution in [2.24, 2.45) is 0 Å². The van der Waals surface area contributed by atoms with Crippen molar-refractivity contribution in [1.82, 2.24) is 4.98 Å². The van der Waals surface area contributed by atoms with Crippen LogP contribution in [-0.2, 0) is 22.0 Å². The number of aromatic nitrogens is 1. The van der Waals surface area contributed by atoms with E-state index in [9.17, 15) is 4.79 Å². The number of carbonyl (C=O) groups is 1. The van der Waals surface area contributed by atoms with Gasteiger partial charge in [0.05, 0.1) is 0 Å². The molecule has 0 saturated carbocycles. The molecule has 0 fully saturated rings. The van der Waals surface area contributed by atoms with Crippen molar-refractivity contribution in [3.8, 4) is 0 Å². The second kappa shape index (κ2) is 7.61. The lowest BCUT2D eigenvalue weighted by molar-refractivity contribution is -0.116. The second-order valence-electron chi connectivity index (χ2n) is 10.2. The highest BCUT2D eigenvalue weighted by atomic mass is 16.1.